The Kier molecular flexibility index (Phi) is 6.24. The van der Waals surface area contributed by atoms with Crippen LogP contribution < -0.4 is 9.62 Å². The van der Waals surface area contributed by atoms with Gasteiger partial charge in [-0.2, -0.15) is 0 Å². The van der Waals surface area contributed by atoms with Crippen LogP contribution in [-0.4, -0.2) is 56.8 Å². The van der Waals surface area contributed by atoms with Gasteiger partial charge in [0.15, 0.2) is 0 Å². The van der Waals surface area contributed by atoms with Crippen LogP contribution in [0.15, 0.2) is 54.9 Å². The lowest BCUT2D eigenvalue weighted by molar-refractivity contribution is 0.186. The van der Waals surface area contributed by atoms with Crippen molar-refractivity contribution in [2.24, 2.45) is 0 Å². The number of aromatic nitrogens is 1. The third kappa shape index (κ3) is 4.81. The number of sulfonamides is 1. The van der Waals surface area contributed by atoms with Crippen molar-refractivity contribution in [1.82, 2.24) is 14.6 Å². The number of hydrogen-bond donors (Lipinski definition) is 1. The number of piperazine rings is 1. The van der Waals surface area contributed by atoms with Crippen molar-refractivity contribution in [3.63, 3.8) is 0 Å². The summed E-state index contributed by atoms with van der Waals surface area (Å²) in [6.07, 6.45) is 3.57. The van der Waals surface area contributed by atoms with Crippen LogP contribution in [0.2, 0.25) is 0 Å². The molecule has 1 N–H and O–H groups in total. The van der Waals surface area contributed by atoms with E-state index in [-0.39, 0.29) is 11.8 Å². The fraction of sp³-hybridized carbons (Fsp3) is 0.421. The van der Waals surface area contributed by atoms with E-state index in [0.29, 0.717) is 6.54 Å². The maximum absolute atomic E-state index is 11.9. The molecule has 1 aromatic carbocycles. The Morgan fingerprint density at radius 1 is 1.08 bits per heavy atom. The normalized spacial score (nSPS) is 17.2. The predicted molar refractivity (Wildman–Crippen MR) is 105 cm³/mol. The zero-order chi connectivity index (χ0) is 18.4. The largest absolute Gasteiger partial charge is 0.369 e. The minimum Gasteiger partial charge on any atom is -0.369 e. The van der Waals surface area contributed by atoms with Crippen LogP contribution in [0.4, 0.5) is 5.69 Å². The van der Waals surface area contributed by atoms with Gasteiger partial charge in [0, 0.05) is 56.8 Å². The molecule has 0 saturated carbocycles. The standard InChI is InChI=1S/C19H26N4O2S/c1-2-26(24,25)21-16-19(17-7-6-10-20-15-17)23-13-11-22(12-14-23)18-8-4-3-5-9-18/h3-10,15,19,21H,2,11-14,16H2,1H3/t19-/m0/s1. The zero-order valence-corrected chi connectivity index (χ0v) is 15.9. The van der Waals surface area contributed by atoms with Gasteiger partial charge in [-0.15, -0.1) is 0 Å². The molecule has 0 aliphatic carbocycles. The van der Waals surface area contributed by atoms with E-state index in [1.54, 1.807) is 13.1 Å². The molecule has 2 heterocycles. The van der Waals surface area contributed by atoms with Crippen LogP contribution in [-0.2, 0) is 10.0 Å². The van der Waals surface area contributed by atoms with Gasteiger partial charge >= 0.3 is 0 Å². The number of nitrogens with one attached hydrogen (secondary N) is 1. The molecule has 2 aromatic rings. The number of anilines is 1. The van der Waals surface area contributed by atoms with Crippen LogP contribution in [0.3, 0.4) is 0 Å². The maximum atomic E-state index is 11.9. The molecule has 1 aromatic heterocycles. The van der Waals surface area contributed by atoms with Crippen molar-refractivity contribution in [3.8, 4) is 0 Å². The molecule has 0 bridgehead atoms. The van der Waals surface area contributed by atoms with Crippen molar-refractivity contribution in [2.45, 2.75) is 13.0 Å². The zero-order valence-electron chi connectivity index (χ0n) is 15.1. The molecule has 0 spiro atoms. The van der Waals surface area contributed by atoms with Gasteiger partial charge in [0.25, 0.3) is 0 Å². The molecule has 1 aliphatic rings. The molecule has 140 valence electrons. The van der Waals surface area contributed by atoms with Gasteiger partial charge in [-0.3, -0.25) is 9.88 Å². The number of benzene rings is 1. The maximum Gasteiger partial charge on any atom is 0.211 e. The summed E-state index contributed by atoms with van der Waals surface area (Å²) in [7, 11) is -3.22. The monoisotopic (exact) mass is 374 g/mol. The summed E-state index contributed by atoms with van der Waals surface area (Å²) in [5.41, 5.74) is 2.27. The van der Waals surface area contributed by atoms with Crippen LogP contribution in [0, 0.1) is 0 Å². The molecule has 1 atom stereocenters. The quantitative estimate of drug-likeness (QED) is 0.802. The number of pyridine rings is 1. The smallest absolute Gasteiger partial charge is 0.211 e. The molecule has 26 heavy (non-hydrogen) atoms. The average molecular weight is 375 g/mol. The highest BCUT2D eigenvalue weighted by atomic mass is 32.2. The molecular weight excluding hydrogens is 348 g/mol. The van der Waals surface area contributed by atoms with E-state index in [4.69, 9.17) is 0 Å². The fourth-order valence-electron chi connectivity index (χ4n) is 3.27. The topological polar surface area (TPSA) is 65.5 Å². The molecule has 6 nitrogen and oxygen atoms in total. The summed E-state index contributed by atoms with van der Waals surface area (Å²) in [6, 6.07) is 14.3. The van der Waals surface area contributed by atoms with E-state index in [9.17, 15) is 8.42 Å². The van der Waals surface area contributed by atoms with Gasteiger partial charge in [0.05, 0.1) is 5.75 Å². The lowest BCUT2D eigenvalue weighted by Crippen LogP contribution is -2.50. The van der Waals surface area contributed by atoms with Crippen LogP contribution in [0.5, 0.6) is 0 Å². The lowest BCUT2D eigenvalue weighted by atomic mass is 10.1. The Labute approximate surface area is 155 Å². The van der Waals surface area contributed by atoms with Gasteiger partial charge in [0.1, 0.15) is 0 Å². The molecule has 0 amide bonds. The fourth-order valence-corrected chi connectivity index (χ4v) is 3.89. The predicted octanol–water partition coefficient (Wildman–Crippen LogP) is 1.88. The second-order valence-electron chi connectivity index (χ2n) is 6.41. The van der Waals surface area contributed by atoms with Crippen molar-refractivity contribution < 1.29 is 8.42 Å². The van der Waals surface area contributed by atoms with E-state index in [1.807, 2.05) is 24.4 Å². The first-order valence-electron chi connectivity index (χ1n) is 9.00. The number of nitrogens with zero attached hydrogens (tertiary/aromatic N) is 3. The molecule has 3 rings (SSSR count). The van der Waals surface area contributed by atoms with Crippen molar-refractivity contribution in [1.29, 1.82) is 0 Å². The van der Waals surface area contributed by atoms with Crippen molar-refractivity contribution in [2.75, 3.05) is 43.4 Å². The number of para-hydroxylation sites is 1. The Balaban J connectivity index is 1.70. The van der Waals surface area contributed by atoms with Crippen molar-refractivity contribution in [3.05, 3.63) is 60.4 Å². The Morgan fingerprint density at radius 3 is 2.42 bits per heavy atom. The third-order valence-electron chi connectivity index (χ3n) is 4.82. The van der Waals surface area contributed by atoms with Gasteiger partial charge in [-0.1, -0.05) is 24.3 Å². The summed E-state index contributed by atoms with van der Waals surface area (Å²) in [5.74, 6) is 0.0918. The van der Waals surface area contributed by atoms with E-state index >= 15 is 0 Å². The van der Waals surface area contributed by atoms with E-state index in [1.165, 1.54) is 5.69 Å². The second kappa shape index (κ2) is 8.62. The average Bonchev–Trinajstić information content (AvgIpc) is 2.70. The first-order chi connectivity index (χ1) is 12.6. The molecule has 7 heteroatoms. The minimum absolute atomic E-state index is 0.0112. The molecule has 1 aliphatic heterocycles. The number of rotatable bonds is 7. The SMILES string of the molecule is CCS(=O)(=O)NC[C@@H](c1cccnc1)N1CCN(c2ccccc2)CC1. The molecule has 1 saturated heterocycles. The van der Waals surface area contributed by atoms with Gasteiger partial charge < -0.3 is 4.90 Å². The van der Waals surface area contributed by atoms with Crippen molar-refractivity contribution >= 4 is 15.7 Å². The Morgan fingerprint density at radius 2 is 1.81 bits per heavy atom. The Bertz CT molecular complexity index is 776. The minimum atomic E-state index is -3.22. The van der Waals surface area contributed by atoms with Crippen LogP contribution >= 0.6 is 0 Å². The van der Waals surface area contributed by atoms with E-state index in [0.717, 1.165) is 31.7 Å². The highest BCUT2D eigenvalue weighted by molar-refractivity contribution is 7.89. The second-order valence-corrected chi connectivity index (χ2v) is 8.51. The Hall–Kier alpha value is -1.96. The number of hydrogen-bond acceptors (Lipinski definition) is 5. The van der Waals surface area contributed by atoms with E-state index < -0.39 is 10.0 Å². The first-order valence-corrected chi connectivity index (χ1v) is 10.7. The van der Waals surface area contributed by atoms with E-state index in [2.05, 4.69) is 43.8 Å². The molecule has 0 unspecified atom stereocenters. The summed E-state index contributed by atoms with van der Waals surface area (Å²) in [4.78, 5) is 8.92. The summed E-state index contributed by atoms with van der Waals surface area (Å²) in [6.45, 7) is 5.61. The molecule has 1 fully saturated rings. The summed E-state index contributed by atoms with van der Waals surface area (Å²) in [5, 5.41) is 0. The van der Waals surface area contributed by atoms with Crippen LogP contribution in [0.25, 0.3) is 0 Å². The molecule has 0 radical (unpaired) electrons. The van der Waals surface area contributed by atoms with Crippen LogP contribution in [0.1, 0.15) is 18.5 Å². The highest BCUT2D eigenvalue weighted by Crippen LogP contribution is 2.23. The van der Waals surface area contributed by atoms with Gasteiger partial charge in [-0.05, 0) is 30.7 Å². The lowest BCUT2D eigenvalue weighted by Gasteiger charge is -2.40. The van der Waals surface area contributed by atoms with Gasteiger partial charge in [0.2, 0.25) is 10.0 Å². The molecular formula is C19H26N4O2S. The highest BCUT2D eigenvalue weighted by Gasteiger charge is 2.26. The third-order valence-corrected chi connectivity index (χ3v) is 6.19. The summed E-state index contributed by atoms with van der Waals surface area (Å²) < 4.78 is 26.5. The van der Waals surface area contributed by atoms with Gasteiger partial charge in [-0.25, -0.2) is 13.1 Å². The summed E-state index contributed by atoms with van der Waals surface area (Å²) >= 11 is 0. The first kappa shape index (κ1) is 18.8.